The van der Waals surface area contributed by atoms with E-state index in [-0.39, 0.29) is 10.8 Å². The second-order valence-corrected chi connectivity index (χ2v) is 9.95. The number of hydrogen-bond donors (Lipinski definition) is 1. The molecule has 0 aromatic carbocycles. The van der Waals surface area contributed by atoms with Gasteiger partial charge in [0.15, 0.2) is 0 Å². The molecule has 146 valence electrons. The average molecular weight is 363 g/mol. The van der Waals surface area contributed by atoms with Crippen LogP contribution in [0.4, 0.5) is 0 Å². The van der Waals surface area contributed by atoms with E-state index >= 15 is 0 Å². The third-order valence-electron chi connectivity index (χ3n) is 7.50. The van der Waals surface area contributed by atoms with Crippen molar-refractivity contribution in [1.29, 1.82) is 0 Å². The first kappa shape index (κ1) is 18.3. The van der Waals surface area contributed by atoms with E-state index in [4.69, 9.17) is 9.47 Å². The van der Waals surface area contributed by atoms with Crippen LogP contribution in [0, 0.1) is 28.6 Å². The lowest BCUT2D eigenvalue weighted by atomic mass is 9.48. The summed E-state index contributed by atoms with van der Waals surface area (Å²) in [6.07, 6.45) is 13.6. The van der Waals surface area contributed by atoms with Gasteiger partial charge in [-0.2, -0.15) is 0 Å². The Morgan fingerprint density at radius 2 is 1.77 bits per heavy atom. The van der Waals surface area contributed by atoms with Crippen LogP contribution in [0.5, 0.6) is 0 Å². The predicted octanol–water partition coefficient (Wildman–Crippen LogP) is 4.78. The van der Waals surface area contributed by atoms with Crippen LogP contribution in [0.25, 0.3) is 0 Å². The van der Waals surface area contributed by atoms with Crippen molar-refractivity contribution in [2.24, 2.45) is 28.6 Å². The highest BCUT2D eigenvalue weighted by Crippen LogP contribution is 2.62. The SMILES string of the molecule is CCCCC1(COC=C(CC23CC4CC(CC(C4)C2)C3)C(=O)O)COC1. The highest BCUT2D eigenvalue weighted by Gasteiger charge is 2.51. The minimum Gasteiger partial charge on any atom is -0.500 e. The largest absolute Gasteiger partial charge is 0.500 e. The lowest BCUT2D eigenvalue weighted by Crippen LogP contribution is -2.46. The summed E-state index contributed by atoms with van der Waals surface area (Å²) < 4.78 is 11.3. The Morgan fingerprint density at radius 3 is 2.23 bits per heavy atom. The first-order valence-electron chi connectivity index (χ1n) is 10.6. The van der Waals surface area contributed by atoms with Crippen molar-refractivity contribution in [2.45, 2.75) is 71.1 Å². The molecule has 0 aromatic heterocycles. The fraction of sp³-hybridized carbons (Fsp3) is 0.864. The van der Waals surface area contributed by atoms with E-state index in [1.54, 1.807) is 6.26 Å². The molecule has 0 spiro atoms. The molecule has 0 atom stereocenters. The lowest BCUT2D eigenvalue weighted by molar-refractivity contribution is -0.144. The third kappa shape index (κ3) is 3.67. The van der Waals surface area contributed by atoms with Crippen LogP contribution in [0.3, 0.4) is 0 Å². The van der Waals surface area contributed by atoms with Crippen molar-refractivity contribution in [1.82, 2.24) is 0 Å². The van der Waals surface area contributed by atoms with Gasteiger partial charge in [-0.1, -0.05) is 19.8 Å². The van der Waals surface area contributed by atoms with Crippen molar-refractivity contribution in [3.63, 3.8) is 0 Å². The number of carboxylic acid groups (broad SMARTS) is 1. The molecule has 5 rings (SSSR count). The Kier molecular flexibility index (Phi) is 5.06. The first-order valence-corrected chi connectivity index (χ1v) is 10.6. The van der Waals surface area contributed by atoms with E-state index in [9.17, 15) is 9.90 Å². The maximum atomic E-state index is 11.9. The van der Waals surface area contributed by atoms with Crippen molar-refractivity contribution in [2.75, 3.05) is 19.8 Å². The number of carbonyl (C=O) groups is 1. The molecule has 26 heavy (non-hydrogen) atoms. The molecular formula is C22H34O4. The summed E-state index contributed by atoms with van der Waals surface area (Å²) in [6, 6.07) is 0. The predicted molar refractivity (Wildman–Crippen MR) is 99.7 cm³/mol. The maximum Gasteiger partial charge on any atom is 0.334 e. The Bertz CT molecular complexity index is 525. The Labute approximate surface area is 157 Å². The van der Waals surface area contributed by atoms with Gasteiger partial charge in [-0.25, -0.2) is 4.79 Å². The lowest BCUT2D eigenvalue weighted by Gasteiger charge is -2.57. The summed E-state index contributed by atoms with van der Waals surface area (Å²) in [5.41, 5.74) is 0.830. The summed E-state index contributed by atoms with van der Waals surface area (Å²) in [5, 5.41) is 9.74. The van der Waals surface area contributed by atoms with Crippen molar-refractivity contribution < 1.29 is 19.4 Å². The summed E-state index contributed by atoms with van der Waals surface area (Å²) in [5.74, 6) is 1.75. The summed E-state index contributed by atoms with van der Waals surface area (Å²) >= 11 is 0. The minimum absolute atomic E-state index is 0.108. The van der Waals surface area contributed by atoms with E-state index < -0.39 is 5.97 Å². The molecule has 4 nitrogen and oxygen atoms in total. The molecule has 0 aromatic rings. The van der Waals surface area contributed by atoms with Crippen LogP contribution >= 0.6 is 0 Å². The second-order valence-electron chi connectivity index (χ2n) is 9.95. The highest BCUT2D eigenvalue weighted by molar-refractivity contribution is 5.86. The molecule has 1 N–H and O–H groups in total. The van der Waals surface area contributed by atoms with E-state index in [1.165, 1.54) is 51.4 Å². The molecule has 1 heterocycles. The molecule has 0 radical (unpaired) electrons. The number of hydrogen-bond acceptors (Lipinski definition) is 3. The van der Waals surface area contributed by atoms with E-state index in [0.717, 1.165) is 37.4 Å². The van der Waals surface area contributed by atoms with Gasteiger partial charge in [0.1, 0.15) is 0 Å². The molecule has 5 aliphatic rings. The first-order chi connectivity index (χ1) is 12.5. The number of carboxylic acids is 1. The van der Waals surface area contributed by atoms with Gasteiger partial charge in [0.2, 0.25) is 0 Å². The van der Waals surface area contributed by atoms with Crippen LogP contribution in [0.1, 0.15) is 71.1 Å². The number of rotatable bonds is 9. The van der Waals surface area contributed by atoms with E-state index in [2.05, 4.69) is 6.92 Å². The quantitative estimate of drug-likeness (QED) is 0.473. The monoisotopic (exact) mass is 362 g/mol. The molecule has 1 saturated heterocycles. The Morgan fingerprint density at radius 1 is 1.15 bits per heavy atom. The third-order valence-corrected chi connectivity index (χ3v) is 7.50. The van der Waals surface area contributed by atoms with Crippen LogP contribution in [0.2, 0.25) is 0 Å². The zero-order valence-corrected chi connectivity index (χ0v) is 16.2. The summed E-state index contributed by atoms with van der Waals surface area (Å²) in [4.78, 5) is 11.9. The van der Waals surface area contributed by atoms with Crippen LogP contribution < -0.4 is 0 Å². The van der Waals surface area contributed by atoms with Crippen LogP contribution in [0.15, 0.2) is 11.8 Å². The standard InChI is InChI=1S/C22H34O4/c1-2-3-4-21(14-26-15-21)13-25-12-19(20(23)24)11-22-8-16-5-17(9-22)7-18(6-16)10-22/h12,16-18H,2-11,13-15H2,1H3,(H,23,24). The topological polar surface area (TPSA) is 55.8 Å². The number of unbranched alkanes of at least 4 members (excludes halogenated alkanes) is 1. The van der Waals surface area contributed by atoms with Gasteiger partial charge in [-0.15, -0.1) is 0 Å². The van der Waals surface area contributed by atoms with Gasteiger partial charge in [0.25, 0.3) is 0 Å². The smallest absolute Gasteiger partial charge is 0.334 e. The van der Waals surface area contributed by atoms with Crippen molar-refractivity contribution in [3.8, 4) is 0 Å². The Hall–Kier alpha value is -1.03. The highest BCUT2D eigenvalue weighted by atomic mass is 16.5. The van der Waals surface area contributed by atoms with Gasteiger partial charge in [0, 0.05) is 0 Å². The molecule has 4 bridgehead atoms. The zero-order chi connectivity index (χ0) is 18.2. The van der Waals surface area contributed by atoms with Gasteiger partial charge in [0.05, 0.1) is 37.1 Å². The normalized spacial score (nSPS) is 37.4. The van der Waals surface area contributed by atoms with Gasteiger partial charge >= 0.3 is 5.97 Å². The minimum atomic E-state index is -0.798. The number of ether oxygens (including phenoxy) is 2. The van der Waals surface area contributed by atoms with Crippen LogP contribution in [-0.2, 0) is 14.3 Å². The number of aliphatic carboxylic acids is 1. The second kappa shape index (κ2) is 7.18. The van der Waals surface area contributed by atoms with Crippen molar-refractivity contribution in [3.05, 3.63) is 11.8 Å². The molecular weight excluding hydrogens is 328 g/mol. The molecule has 4 heteroatoms. The summed E-state index contributed by atoms with van der Waals surface area (Å²) in [6.45, 7) is 4.28. The summed E-state index contributed by atoms with van der Waals surface area (Å²) in [7, 11) is 0. The zero-order valence-electron chi connectivity index (χ0n) is 16.2. The van der Waals surface area contributed by atoms with Crippen molar-refractivity contribution >= 4 is 5.97 Å². The molecule has 1 aliphatic heterocycles. The van der Waals surface area contributed by atoms with E-state index in [1.807, 2.05) is 0 Å². The van der Waals surface area contributed by atoms with Gasteiger partial charge < -0.3 is 14.6 Å². The van der Waals surface area contributed by atoms with Gasteiger partial charge in [-0.3, -0.25) is 0 Å². The van der Waals surface area contributed by atoms with Gasteiger partial charge in [-0.05, 0) is 74.5 Å². The fourth-order valence-electron chi connectivity index (χ4n) is 6.64. The molecule has 0 amide bonds. The van der Waals surface area contributed by atoms with E-state index in [0.29, 0.717) is 18.6 Å². The average Bonchev–Trinajstić information content (AvgIpc) is 2.54. The molecule has 0 unspecified atom stereocenters. The maximum absolute atomic E-state index is 11.9. The fourth-order valence-corrected chi connectivity index (χ4v) is 6.64. The molecule has 4 saturated carbocycles. The van der Waals surface area contributed by atoms with Crippen LogP contribution in [-0.4, -0.2) is 30.9 Å². The molecule has 4 aliphatic carbocycles. The Balaban J connectivity index is 1.38. The molecule has 5 fully saturated rings.